The smallest absolute Gasteiger partial charge is 0.261 e. The molecule has 0 aliphatic carbocycles. The number of furan rings is 1. The Bertz CT molecular complexity index is 1000. The minimum Gasteiger partial charge on any atom is -0.497 e. The summed E-state index contributed by atoms with van der Waals surface area (Å²) in [6.07, 6.45) is 3.17. The number of nitrogens with zero attached hydrogens (tertiary/aromatic N) is 1. The van der Waals surface area contributed by atoms with Crippen molar-refractivity contribution in [2.45, 2.75) is 25.8 Å². The fraction of sp³-hybridized carbons (Fsp3) is 0.273. The molecule has 1 N–H and O–H groups in total. The number of nitrogens with one attached hydrogen (secondary N) is 1. The van der Waals surface area contributed by atoms with Gasteiger partial charge in [0.15, 0.2) is 5.58 Å². The lowest BCUT2D eigenvalue weighted by Gasteiger charge is -2.18. The molecule has 2 amide bonds. The average Bonchev–Trinajstić information content (AvgIpc) is 3.27. The van der Waals surface area contributed by atoms with Gasteiger partial charge in [-0.2, -0.15) is 0 Å². The average molecular weight is 378 g/mol. The van der Waals surface area contributed by atoms with E-state index in [0.29, 0.717) is 24.1 Å². The number of ether oxygens (including phenoxy) is 1. The summed E-state index contributed by atoms with van der Waals surface area (Å²) < 4.78 is 10.9. The summed E-state index contributed by atoms with van der Waals surface area (Å²) in [5, 5.41) is 4.42. The number of rotatable bonds is 7. The van der Waals surface area contributed by atoms with Crippen molar-refractivity contribution in [2.24, 2.45) is 0 Å². The van der Waals surface area contributed by atoms with Crippen LogP contribution in [0.3, 0.4) is 0 Å². The molecule has 28 heavy (non-hydrogen) atoms. The van der Waals surface area contributed by atoms with Gasteiger partial charge in [-0.05, 0) is 44.0 Å². The standard InChI is InChI=1S/C22H22N2O4/c1-14(23-19-13-16(27-2)12-15-9-11-28-20(15)19)6-5-10-24-21(25)17-7-3-4-8-18(17)22(24)26/h3-4,7-9,11-14,23H,5-6,10H2,1-2H3. The second-order valence-corrected chi connectivity index (χ2v) is 7.01. The monoisotopic (exact) mass is 378 g/mol. The van der Waals surface area contributed by atoms with Gasteiger partial charge in [0.2, 0.25) is 0 Å². The van der Waals surface area contributed by atoms with Crippen LogP contribution in [0.15, 0.2) is 53.1 Å². The number of fused-ring (bicyclic) bond motifs is 2. The Balaban J connectivity index is 1.37. The highest BCUT2D eigenvalue weighted by atomic mass is 16.5. The zero-order valence-corrected chi connectivity index (χ0v) is 15.9. The molecule has 0 saturated carbocycles. The van der Waals surface area contributed by atoms with Crippen LogP contribution in [0.4, 0.5) is 5.69 Å². The number of methoxy groups -OCH3 is 1. The summed E-state index contributed by atoms with van der Waals surface area (Å²) in [5.41, 5.74) is 2.64. The minimum atomic E-state index is -0.202. The van der Waals surface area contributed by atoms with E-state index in [0.717, 1.165) is 28.8 Å². The first-order valence-electron chi connectivity index (χ1n) is 9.35. The van der Waals surface area contributed by atoms with Gasteiger partial charge in [0.25, 0.3) is 11.8 Å². The van der Waals surface area contributed by atoms with Gasteiger partial charge < -0.3 is 14.5 Å². The lowest BCUT2D eigenvalue weighted by atomic mass is 10.1. The van der Waals surface area contributed by atoms with Crippen molar-refractivity contribution < 1.29 is 18.7 Å². The summed E-state index contributed by atoms with van der Waals surface area (Å²) in [7, 11) is 1.64. The highest BCUT2D eigenvalue weighted by Gasteiger charge is 2.34. The molecule has 0 spiro atoms. The SMILES string of the molecule is COc1cc(NC(C)CCCN2C(=O)c3ccccc3C2=O)c2occc2c1. The molecule has 0 bridgehead atoms. The van der Waals surface area contributed by atoms with Crippen molar-refractivity contribution in [2.75, 3.05) is 19.0 Å². The first-order chi connectivity index (χ1) is 13.6. The Kier molecular flexibility index (Phi) is 4.77. The quantitative estimate of drug-likeness (QED) is 0.620. The molecule has 6 nitrogen and oxygen atoms in total. The molecule has 1 aromatic heterocycles. The van der Waals surface area contributed by atoms with Gasteiger partial charge in [-0.3, -0.25) is 14.5 Å². The number of benzene rings is 2. The van der Waals surface area contributed by atoms with Gasteiger partial charge in [-0.15, -0.1) is 0 Å². The van der Waals surface area contributed by atoms with Gasteiger partial charge in [0, 0.05) is 24.0 Å². The van der Waals surface area contributed by atoms with Crippen LogP contribution in [0.25, 0.3) is 11.0 Å². The third-order valence-electron chi connectivity index (χ3n) is 5.06. The van der Waals surface area contributed by atoms with Crippen molar-refractivity contribution in [3.63, 3.8) is 0 Å². The Morgan fingerprint density at radius 1 is 1.11 bits per heavy atom. The largest absolute Gasteiger partial charge is 0.497 e. The maximum Gasteiger partial charge on any atom is 0.261 e. The minimum absolute atomic E-state index is 0.135. The molecule has 3 aromatic rings. The number of hydrogen-bond donors (Lipinski definition) is 1. The summed E-state index contributed by atoms with van der Waals surface area (Å²) in [5.74, 6) is 0.354. The Hall–Kier alpha value is -3.28. The van der Waals surface area contributed by atoms with Crippen LogP contribution >= 0.6 is 0 Å². The van der Waals surface area contributed by atoms with Crippen LogP contribution in [-0.2, 0) is 0 Å². The van der Waals surface area contributed by atoms with E-state index in [1.54, 1.807) is 37.6 Å². The van der Waals surface area contributed by atoms with Crippen molar-refractivity contribution in [3.8, 4) is 5.75 Å². The van der Waals surface area contributed by atoms with Gasteiger partial charge >= 0.3 is 0 Å². The topological polar surface area (TPSA) is 71.8 Å². The molecule has 4 rings (SSSR count). The third kappa shape index (κ3) is 3.22. The van der Waals surface area contributed by atoms with Crippen LogP contribution in [0.1, 0.15) is 40.5 Å². The summed E-state index contributed by atoms with van der Waals surface area (Å²) in [4.78, 5) is 26.2. The lowest BCUT2D eigenvalue weighted by Crippen LogP contribution is -2.31. The van der Waals surface area contributed by atoms with Crippen LogP contribution in [0.2, 0.25) is 0 Å². The molecule has 1 aliphatic rings. The van der Waals surface area contributed by atoms with E-state index >= 15 is 0 Å². The number of imide groups is 1. The number of carbonyl (C=O) groups excluding carboxylic acids is 2. The predicted molar refractivity (Wildman–Crippen MR) is 107 cm³/mol. The van der Waals surface area contributed by atoms with Crippen LogP contribution in [-0.4, -0.2) is 36.4 Å². The molecule has 1 unspecified atom stereocenters. The Labute approximate surface area is 163 Å². The second-order valence-electron chi connectivity index (χ2n) is 7.01. The summed E-state index contributed by atoms with van der Waals surface area (Å²) in [6.45, 7) is 2.48. The van der Waals surface area contributed by atoms with Gasteiger partial charge in [-0.25, -0.2) is 0 Å². The number of amides is 2. The Morgan fingerprint density at radius 3 is 2.50 bits per heavy atom. The third-order valence-corrected chi connectivity index (χ3v) is 5.06. The molecule has 0 saturated heterocycles. The normalized spacial score (nSPS) is 14.4. The molecule has 1 atom stereocenters. The lowest BCUT2D eigenvalue weighted by molar-refractivity contribution is 0.0651. The molecule has 1 aliphatic heterocycles. The molecule has 0 fully saturated rings. The molecular weight excluding hydrogens is 356 g/mol. The van der Waals surface area contributed by atoms with E-state index in [-0.39, 0.29) is 17.9 Å². The Morgan fingerprint density at radius 2 is 1.82 bits per heavy atom. The number of hydrogen-bond acceptors (Lipinski definition) is 5. The summed E-state index contributed by atoms with van der Waals surface area (Å²) in [6, 6.07) is 12.8. The molecule has 2 heterocycles. The second kappa shape index (κ2) is 7.38. The molecule has 6 heteroatoms. The molecule has 144 valence electrons. The zero-order chi connectivity index (χ0) is 19.7. The highest BCUT2D eigenvalue weighted by Crippen LogP contribution is 2.31. The van der Waals surface area contributed by atoms with E-state index in [1.807, 2.05) is 18.2 Å². The van der Waals surface area contributed by atoms with Crippen LogP contribution in [0, 0.1) is 0 Å². The van der Waals surface area contributed by atoms with Gasteiger partial charge in [0.05, 0.1) is 30.2 Å². The summed E-state index contributed by atoms with van der Waals surface area (Å²) >= 11 is 0. The van der Waals surface area contributed by atoms with Crippen molar-refractivity contribution in [1.29, 1.82) is 0 Å². The van der Waals surface area contributed by atoms with Gasteiger partial charge in [-0.1, -0.05) is 12.1 Å². The maximum atomic E-state index is 12.4. The number of carbonyl (C=O) groups is 2. The van der Waals surface area contributed by atoms with E-state index < -0.39 is 0 Å². The first kappa shape index (κ1) is 18.1. The number of anilines is 1. The first-order valence-corrected chi connectivity index (χ1v) is 9.35. The van der Waals surface area contributed by atoms with Crippen LogP contribution in [0.5, 0.6) is 5.75 Å². The fourth-order valence-corrected chi connectivity index (χ4v) is 3.61. The predicted octanol–water partition coefficient (Wildman–Crippen LogP) is 4.32. The molecule has 0 radical (unpaired) electrons. The fourth-order valence-electron chi connectivity index (χ4n) is 3.61. The van der Waals surface area contributed by atoms with E-state index in [9.17, 15) is 9.59 Å². The molecular formula is C22H22N2O4. The van der Waals surface area contributed by atoms with E-state index in [2.05, 4.69) is 12.2 Å². The van der Waals surface area contributed by atoms with Crippen molar-refractivity contribution in [1.82, 2.24) is 4.90 Å². The maximum absolute atomic E-state index is 12.4. The van der Waals surface area contributed by atoms with E-state index in [1.165, 1.54) is 4.90 Å². The zero-order valence-electron chi connectivity index (χ0n) is 15.9. The highest BCUT2D eigenvalue weighted by molar-refractivity contribution is 6.21. The van der Waals surface area contributed by atoms with E-state index in [4.69, 9.17) is 9.15 Å². The van der Waals surface area contributed by atoms with Crippen molar-refractivity contribution in [3.05, 3.63) is 59.9 Å². The van der Waals surface area contributed by atoms with Crippen molar-refractivity contribution >= 4 is 28.5 Å². The molecule has 2 aromatic carbocycles. The van der Waals surface area contributed by atoms with Crippen LogP contribution < -0.4 is 10.1 Å². The van der Waals surface area contributed by atoms with Gasteiger partial charge in [0.1, 0.15) is 5.75 Å².